The van der Waals surface area contributed by atoms with Crippen LogP contribution < -0.4 is 15.4 Å². The Morgan fingerprint density at radius 2 is 1.70 bits per heavy atom. The lowest BCUT2D eigenvalue weighted by molar-refractivity contribution is 0.0981. The number of nitrogens with two attached hydrogens (primary N) is 1. The van der Waals surface area contributed by atoms with Gasteiger partial charge < -0.3 is 10.6 Å². The van der Waals surface area contributed by atoms with Gasteiger partial charge in [-0.3, -0.25) is 4.79 Å². The minimum absolute atomic E-state index is 0.0241. The highest BCUT2D eigenvalue weighted by atomic mass is 32.2. The third-order valence-corrected chi connectivity index (χ3v) is 6.94. The fourth-order valence-electron chi connectivity index (χ4n) is 4.03. The number of sulfonamides is 1. The number of anilines is 2. The monoisotopic (exact) mass is 469 g/mol. The van der Waals surface area contributed by atoms with Crippen molar-refractivity contribution in [1.29, 1.82) is 0 Å². The molecule has 3 heterocycles. The van der Waals surface area contributed by atoms with Gasteiger partial charge in [0.05, 0.1) is 11.3 Å². The van der Waals surface area contributed by atoms with Crippen molar-refractivity contribution in [3.8, 4) is 11.3 Å². The van der Waals surface area contributed by atoms with E-state index in [0.717, 1.165) is 12.8 Å². The molecule has 8 nitrogen and oxygen atoms in total. The maximum atomic E-state index is 13.4. The van der Waals surface area contributed by atoms with Crippen molar-refractivity contribution in [2.24, 2.45) is 0 Å². The van der Waals surface area contributed by atoms with E-state index < -0.39 is 15.9 Å². The first-order valence-corrected chi connectivity index (χ1v) is 12.0. The predicted molar refractivity (Wildman–Crippen MR) is 124 cm³/mol. The van der Waals surface area contributed by atoms with Crippen LogP contribution in [-0.4, -0.2) is 36.4 Å². The van der Waals surface area contributed by atoms with E-state index >= 15 is 0 Å². The van der Waals surface area contributed by atoms with Crippen LogP contribution in [0.2, 0.25) is 0 Å². The molecule has 0 unspecified atom stereocenters. The van der Waals surface area contributed by atoms with Crippen molar-refractivity contribution in [2.75, 3.05) is 10.6 Å². The second-order valence-electron chi connectivity index (χ2n) is 8.09. The predicted octanol–water partition coefficient (Wildman–Crippen LogP) is 3.36. The van der Waals surface area contributed by atoms with Gasteiger partial charge in [0.15, 0.2) is 5.03 Å². The highest BCUT2D eigenvalue weighted by Crippen LogP contribution is 2.33. The lowest BCUT2D eigenvalue weighted by atomic mass is 10.1. The number of benzene rings is 1. The number of nitrogens with zero attached hydrogens (tertiary/aromatic N) is 3. The molecule has 1 saturated heterocycles. The van der Waals surface area contributed by atoms with Crippen LogP contribution in [0.4, 0.5) is 16.0 Å². The smallest absolute Gasteiger partial charge is 0.281 e. The molecule has 0 spiro atoms. The molecular formula is C23H24FN5O3S. The summed E-state index contributed by atoms with van der Waals surface area (Å²) in [5, 5.41) is -0.351. The number of carbonyl (C=O) groups is 1. The van der Waals surface area contributed by atoms with Crippen LogP contribution >= 0.6 is 0 Å². The van der Waals surface area contributed by atoms with Gasteiger partial charge >= 0.3 is 0 Å². The van der Waals surface area contributed by atoms with E-state index in [1.807, 2.05) is 18.7 Å². The van der Waals surface area contributed by atoms with Gasteiger partial charge in [0.25, 0.3) is 15.9 Å². The van der Waals surface area contributed by atoms with Crippen LogP contribution in [0.1, 0.15) is 37.0 Å². The van der Waals surface area contributed by atoms with Crippen LogP contribution in [0, 0.1) is 5.82 Å². The van der Waals surface area contributed by atoms with Gasteiger partial charge in [-0.2, -0.15) is 8.42 Å². The van der Waals surface area contributed by atoms with Gasteiger partial charge in [-0.05, 0) is 75.2 Å². The number of rotatable bonds is 5. The van der Waals surface area contributed by atoms with Crippen molar-refractivity contribution < 1.29 is 17.6 Å². The zero-order valence-corrected chi connectivity index (χ0v) is 19.0. The van der Waals surface area contributed by atoms with E-state index in [1.54, 1.807) is 18.2 Å². The van der Waals surface area contributed by atoms with Crippen molar-refractivity contribution >= 4 is 27.6 Å². The number of hydrogen-bond donors (Lipinski definition) is 2. The van der Waals surface area contributed by atoms with Gasteiger partial charge in [-0.15, -0.1) is 0 Å². The van der Waals surface area contributed by atoms with Gasteiger partial charge in [0.2, 0.25) is 0 Å². The van der Waals surface area contributed by atoms with E-state index in [2.05, 4.69) is 9.71 Å². The molecular weight excluding hydrogens is 445 g/mol. The molecule has 0 bridgehead atoms. The Labute approximate surface area is 191 Å². The Hall–Kier alpha value is -3.53. The summed E-state index contributed by atoms with van der Waals surface area (Å²) < 4.78 is 40.9. The molecule has 1 amide bonds. The van der Waals surface area contributed by atoms with Gasteiger partial charge in [-0.25, -0.2) is 19.1 Å². The van der Waals surface area contributed by atoms with Crippen molar-refractivity contribution in [2.45, 2.75) is 43.8 Å². The number of pyridine rings is 2. The van der Waals surface area contributed by atoms with Crippen LogP contribution in [0.15, 0.2) is 59.6 Å². The standard InChI is InChI=1S/C23H24FN5O3S/c1-14-6-7-15(2)29(14)22-18(12-13-19(26-22)16-8-10-17(24)11-9-16)23(30)28-33(31,32)21-5-3-4-20(25)27-21/h3-5,8-15H,6-7H2,1-2H3,(H2,25,27)(H,28,30)/t14-,15+. The third kappa shape index (κ3) is 4.65. The SMILES string of the molecule is C[C@@H]1CC[C@H](C)N1c1nc(-c2ccc(F)cc2)ccc1C(=O)NS(=O)(=O)c1cccc(N)n1. The van der Waals surface area contributed by atoms with Crippen LogP contribution in [0.25, 0.3) is 11.3 Å². The van der Waals surface area contributed by atoms with Gasteiger partial charge in [-0.1, -0.05) is 6.07 Å². The number of hydrogen-bond acceptors (Lipinski definition) is 7. The number of aromatic nitrogens is 2. The third-order valence-electron chi connectivity index (χ3n) is 5.70. The Morgan fingerprint density at radius 3 is 2.33 bits per heavy atom. The first-order valence-electron chi connectivity index (χ1n) is 10.5. The number of nitrogen functional groups attached to an aromatic ring is 1. The van der Waals surface area contributed by atoms with E-state index in [4.69, 9.17) is 10.7 Å². The first-order chi connectivity index (χ1) is 15.7. The first kappa shape index (κ1) is 22.7. The number of halogens is 1. The Morgan fingerprint density at radius 1 is 1.03 bits per heavy atom. The molecule has 1 aliphatic rings. The van der Waals surface area contributed by atoms with E-state index in [-0.39, 0.29) is 34.3 Å². The molecule has 1 aromatic carbocycles. The van der Waals surface area contributed by atoms with E-state index in [1.165, 1.54) is 36.4 Å². The molecule has 10 heteroatoms. The Bertz CT molecular complexity index is 1290. The van der Waals surface area contributed by atoms with Crippen molar-refractivity contribution in [3.63, 3.8) is 0 Å². The molecule has 2 aromatic heterocycles. The largest absolute Gasteiger partial charge is 0.384 e. The normalized spacial score (nSPS) is 18.3. The Balaban J connectivity index is 1.75. The maximum absolute atomic E-state index is 13.4. The summed E-state index contributed by atoms with van der Waals surface area (Å²) in [6, 6.07) is 13.4. The molecule has 33 heavy (non-hydrogen) atoms. The average molecular weight is 470 g/mol. The van der Waals surface area contributed by atoms with Crippen LogP contribution in [0.5, 0.6) is 0 Å². The highest BCUT2D eigenvalue weighted by Gasteiger charge is 2.33. The number of amides is 1. The minimum Gasteiger partial charge on any atom is -0.384 e. The second-order valence-corrected chi connectivity index (χ2v) is 9.72. The minimum atomic E-state index is -4.24. The van der Waals surface area contributed by atoms with Crippen LogP contribution in [0.3, 0.4) is 0 Å². The fraction of sp³-hybridized carbons (Fsp3) is 0.261. The summed E-state index contributed by atoms with van der Waals surface area (Å²) in [6.45, 7) is 4.07. The summed E-state index contributed by atoms with van der Waals surface area (Å²) in [7, 11) is -4.24. The number of carbonyl (C=O) groups excluding carboxylic acids is 1. The van der Waals surface area contributed by atoms with Crippen molar-refractivity contribution in [3.05, 3.63) is 66.0 Å². The zero-order chi connectivity index (χ0) is 23.8. The molecule has 1 aliphatic heterocycles. The average Bonchev–Trinajstić information content (AvgIpc) is 3.11. The molecule has 0 radical (unpaired) electrons. The quantitative estimate of drug-likeness (QED) is 0.588. The molecule has 172 valence electrons. The molecule has 0 saturated carbocycles. The van der Waals surface area contributed by atoms with E-state index in [0.29, 0.717) is 17.1 Å². The lowest BCUT2D eigenvalue weighted by Gasteiger charge is -2.29. The molecule has 0 aliphatic carbocycles. The molecule has 3 aromatic rings. The van der Waals surface area contributed by atoms with Crippen LogP contribution in [-0.2, 0) is 10.0 Å². The van der Waals surface area contributed by atoms with Crippen molar-refractivity contribution in [1.82, 2.24) is 14.7 Å². The Kier molecular flexibility index (Phi) is 6.03. The number of nitrogens with one attached hydrogen (secondary N) is 1. The maximum Gasteiger partial charge on any atom is 0.281 e. The summed E-state index contributed by atoms with van der Waals surface area (Å²) >= 11 is 0. The fourth-order valence-corrected chi connectivity index (χ4v) is 4.97. The summed E-state index contributed by atoms with van der Waals surface area (Å²) in [5.74, 6) is -0.783. The lowest BCUT2D eigenvalue weighted by Crippen LogP contribution is -2.37. The molecule has 2 atom stereocenters. The van der Waals surface area contributed by atoms with Gasteiger partial charge in [0, 0.05) is 17.6 Å². The van der Waals surface area contributed by atoms with E-state index in [9.17, 15) is 17.6 Å². The highest BCUT2D eigenvalue weighted by molar-refractivity contribution is 7.90. The zero-order valence-electron chi connectivity index (χ0n) is 18.2. The summed E-state index contributed by atoms with van der Waals surface area (Å²) in [6.07, 6.45) is 1.83. The second kappa shape index (κ2) is 8.78. The molecule has 1 fully saturated rings. The topological polar surface area (TPSA) is 118 Å². The summed E-state index contributed by atoms with van der Waals surface area (Å²) in [5.41, 5.74) is 6.94. The summed E-state index contributed by atoms with van der Waals surface area (Å²) in [4.78, 5) is 23.7. The molecule has 3 N–H and O–H groups in total. The molecule has 4 rings (SSSR count). The van der Waals surface area contributed by atoms with Gasteiger partial charge in [0.1, 0.15) is 17.5 Å².